The summed E-state index contributed by atoms with van der Waals surface area (Å²) in [6.45, 7) is 10.0. The van der Waals surface area contributed by atoms with E-state index in [1.165, 1.54) is 0 Å². The maximum atomic E-state index is 13.7. The number of hydrogen-bond donors (Lipinski definition) is 1. The van der Waals surface area contributed by atoms with Gasteiger partial charge in [0, 0.05) is 37.0 Å². The Balaban J connectivity index is 1.54. The lowest BCUT2D eigenvalue weighted by Crippen LogP contribution is -2.59. The lowest BCUT2D eigenvalue weighted by molar-refractivity contribution is -0.000386. The van der Waals surface area contributed by atoms with Crippen molar-refractivity contribution in [2.75, 3.05) is 24.5 Å². The van der Waals surface area contributed by atoms with Gasteiger partial charge in [-0.05, 0) is 34.6 Å². The predicted molar refractivity (Wildman–Crippen MR) is 113 cm³/mol. The van der Waals surface area contributed by atoms with Crippen LogP contribution in [0.3, 0.4) is 0 Å². The molecule has 2 saturated heterocycles. The van der Waals surface area contributed by atoms with Crippen LogP contribution in [0.1, 0.15) is 51.4 Å². The Kier molecular flexibility index (Phi) is 5.56. The number of halogens is 2. The molecule has 1 N–H and O–H groups in total. The zero-order valence-electron chi connectivity index (χ0n) is 18.8. The van der Waals surface area contributed by atoms with Gasteiger partial charge in [-0.25, -0.2) is 23.5 Å². The normalized spacial score (nSPS) is 21.5. The van der Waals surface area contributed by atoms with Gasteiger partial charge in [0.25, 0.3) is 6.43 Å². The molecule has 2 aliphatic heterocycles. The van der Waals surface area contributed by atoms with Crippen molar-refractivity contribution in [1.82, 2.24) is 24.6 Å². The number of carbonyl (C=O) groups is 1. The second-order valence-electron chi connectivity index (χ2n) is 9.39. The number of hydrogen-bond acceptors (Lipinski definition) is 7. The molecular formula is C21H28F2N6O3. The maximum absolute atomic E-state index is 13.7. The number of anilines is 1. The largest absolute Gasteiger partial charge is 0.444 e. The van der Waals surface area contributed by atoms with Crippen LogP contribution < -0.4 is 4.90 Å². The van der Waals surface area contributed by atoms with E-state index in [-0.39, 0.29) is 29.8 Å². The molecule has 1 amide bonds. The highest BCUT2D eigenvalue weighted by atomic mass is 19.3. The Morgan fingerprint density at radius 2 is 1.94 bits per heavy atom. The Morgan fingerprint density at radius 1 is 1.25 bits per heavy atom. The van der Waals surface area contributed by atoms with E-state index in [0.29, 0.717) is 36.5 Å². The topological polar surface area (TPSA) is 96.6 Å². The molecule has 4 heterocycles. The number of likely N-dealkylation sites (tertiary alicyclic amines) is 1. The van der Waals surface area contributed by atoms with Crippen molar-refractivity contribution >= 4 is 12.0 Å². The van der Waals surface area contributed by atoms with Gasteiger partial charge in [0.05, 0.1) is 30.1 Å². The zero-order valence-corrected chi connectivity index (χ0v) is 18.8. The number of amides is 1. The highest BCUT2D eigenvalue weighted by molar-refractivity contribution is 5.69. The van der Waals surface area contributed by atoms with Crippen LogP contribution in [0, 0.1) is 6.92 Å². The number of β-amino-alcohol motifs (C(OH)–C–C–N with tert-alkyl or cyclic N) is 1. The van der Waals surface area contributed by atoms with Crippen molar-refractivity contribution in [3.8, 4) is 11.3 Å². The quantitative estimate of drug-likeness (QED) is 0.765. The van der Waals surface area contributed by atoms with Crippen molar-refractivity contribution < 1.29 is 23.4 Å². The van der Waals surface area contributed by atoms with Crippen LogP contribution in [0.4, 0.5) is 19.5 Å². The molecule has 0 saturated carbocycles. The van der Waals surface area contributed by atoms with Gasteiger partial charge in [-0.15, -0.1) is 0 Å². The molecule has 4 rings (SSSR count). The molecule has 0 aliphatic carbocycles. The van der Waals surface area contributed by atoms with E-state index in [1.54, 1.807) is 40.7 Å². The van der Waals surface area contributed by atoms with Gasteiger partial charge in [0.2, 0.25) is 5.95 Å². The van der Waals surface area contributed by atoms with Crippen molar-refractivity contribution in [2.24, 2.45) is 0 Å². The van der Waals surface area contributed by atoms with Crippen molar-refractivity contribution in [3.05, 3.63) is 23.7 Å². The van der Waals surface area contributed by atoms with Gasteiger partial charge in [-0.3, -0.25) is 4.68 Å². The average Bonchev–Trinajstić information content (AvgIpc) is 3.12. The molecule has 2 atom stereocenters. The Labute approximate surface area is 185 Å². The van der Waals surface area contributed by atoms with Crippen molar-refractivity contribution in [2.45, 2.75) is 64.8 Å². The molecule has 32 heavy (non-hydrogen) atoms. The molecular weight excluding hydrogens is 422 g/mol. The molecule has 0 aromatic carbocycles. The molecule has 11 heteroatoms. The summed E-state index contributed by atoms with van der Waals surface area (Å²) in [4.78, 5) is 24.0. The Morgan fingerprint density at radius 3 is 2.50 bits per heavy atom. The first-order valence-electron chi connectivity index (χ1n) is 10.6. The lowest BCUT2D eigenvalue weighted by Gasteiger charge is -2.43. The van der Waals surface area contributed by atoms with Crippen LogP contribution in [-0.2, 0) is 4.74 Å². The van der Waals surface area contributed by atoms with Crippen LogP contribution in [0.2, 0.25) is 0 Å². The third-order valence-electron chi connectivity index (χ3n) is 5.83. The molecule has 2 aromatic rings. The minimum Gasteiger partial charge on any atom is -0.444 e. The highest BCUT2D eigenvalue weighted by Gasteiger charge is 2.38. The Hall–Kier alpha value is -2.82. The summed E-state index contributed by atoms with van der Waals surface area (Å²) in [6, 6.07) is -0.273. The minimum atomic E-state index is -2.75. The molecule has 2 aromatic heterocycles. The first-order valence-corrected chi connectivity index (χ1v) is 10.6. The van der Waals surface area contributed by atoms with Gasteiger partial charge >= 0.3 is 6.09 Å². The van der Waals surface area contributed by atoms with E-state index in [4.69, 9.17) is 4.74 Å². The second-order valence-corrected chi connectivity index (χ2v) is 9.39. The molecule has 0 bridgehead atoms. The summed E-state index contributed by atoms with van der Waals surface area (Å²) in [7, 11) is 0. The molecule has 2 fully saturated rings. The molecule has 2 aliphatic rings. The van der Waals surface area contributed by atoms with E-state index >= 15 is 0 Å². The number of rotatable bonds is 4. The zero-order chi connectivity index (χ0) is 23.4. The third-order valence-corrected chi connectivity index (χ3v) is 5.83. The average molecular weight is 450 g/mol. The van der Waals surface area contributed by atoms with Crippen LogP contribution >= 0.6 is 0 Å². The summed E-state index contributed by atoms with van der Waals surface area (Å²) >= 11 is 0. The number of ether oxygens (including phenoxy) is 1. The summed E-state index contributed by atoms with van der Waals surface area (Å²) < 4.78 is 34.4. The summed E-state index contributed by atoms with van der Waals surface area (Å²) in [5.74, 6) is 0.172. The Bertz CT molecular complexity index is 1020. The first kappa shape index (κ1) is 22.4. The van der Waals surface area contributed by atoms with Crippen molar-refractivity contribution in [3.63, 3.8) is 0 Å². The molecule has 0 unspecified atom stereocenters. The van der Waals surface area contributed by atoms with E-state index in [2.05, 4.69) is 15.1 Å². The van der Waals surface area contributed by atoms with E-state index < -0.39 is 18.1 Å². The molecule has 9 nitrogen and oxygen atoms in total. The van der Waals surface area contributed by atoms with Gasteiger partial charge in [-0.1, -0.05) is 0 Å². The first-order chi connectivity index (χ1) is 14.9. The van der Waals surface area contributed by atoms with Crippen LogP contribution in [0.5, 0.6) is 0 Å². The van der Waals surface area contributed by atoms with Crippen LogP contribution in [-0.4, -0.2) is 73.2 Å². The summed E-state index contributed by atoms with van der Waals surface area (Å²) in [5, 5.41) is 14.2. The summed E-state index contributed by atoms with van der Waals surface area (Å²) in [6.07, 6.45) is -0.322. The fraction of sp³-hybridized carbons (Fsp3) is 0.619. The SMILES string of the molecule is Cc1c(-c2cnn(C3CN(C(=O)OC(C)(C)C)C3)c2)nc(N2C[C@@H](O)[C@@H]2C)nc1C(F)F. The van der Waals surface area contributed by atoms with Gasteiger partial charge < -0.3 is 19.6 Å². The number of aliphatic hydroxyl groups is 1. The minimum absolute atomic E-state index is 0.0296. The molecule has 174 valence electrons. The van der Waals surface area contributed by atoms with Gasteiger partial charge in [-0.2, -0.15) is 5.10 Å². The fourth-order valence-electron chi connectivity index (χ4n) is 3.76. The van der Waals surface area contributed by atoms with Crippen LogP contribution in [0.25, 0.3) is 11.3 Å². The maximum Gasteiger partial charge on any atom is 0.410 e. The fourth-order valence-corrected chi connectivity index (χ4v) is 3.76. The van der Waals surface area contributed by atoms with Crippen molar-refractivity contribution in [1.29, 1.82) is 0 Å². The number of aromatic nitrogens is 4. The van der Waals surface area contributed by atoms with Gasteiger partial charge in [0.1, 0.15) is 11.3 Å². The lowest BCUT2D eigenvalue weighted by atomic mass is 10.0. The standard InChI is InChI=1S/C21H28F2N6O3/c1-11-16(25-19(26-17(11)18(22)23)28-10-15(30)12(28)2)13-6-24-29(7-13)14-8-27(9-14)20(31)32-21(3,4)5/h6-7,12,14-15,18,30H,8-10H2,1-5H3/t12-,15+/m0/s1. The monoisotopic (exact) mass is 450 g/mol. The number of aliphatic hydroxyl groups excluding tert-OH is 1. The second kappa shape index (κ2) is 7.95. The van der Waals surface area contributed by atoms with Gasteiger partial charge in [0.15, 0.2) is 0 Å². The van der Waals surface area contributed by atoms with E-state index in [0.717, 1.165) is 0 Å². The predicted octanol–water partition coefficient (Wildman–Crippen LogP) is 2.95. The van der Waals surface area contributed by atoms with E-state index in [9.17, 15) is 18.7 Å². The summed E-state index contributed by atoms with van der Waals surface area (Å²) in [5.41, 5.74) is 0.383. The van der Waals surface area contributed by atoms with E-state index in [1.807, 2.05) is 20.8 Å². The van der Waals surface area contributed by atoms with Crippen LogP contribution in [0.15, 0.2) is 12.4 Å². The number of carbonyl (C=O) groups excluding carboxylic acids is 1. The molecule has 0 spiro atoms. The molecule has 0 radical (unpaired) electrons. The third kappa shape index (κ3) is 4.13. The smallest absolute Gasteiger partial charge is 0.410 e. The number of nitrogens with zero attached hydrogens (tertiary/aromatic N) is 6. The highest BCUT2D eigenvalue weighted by Crippen LogP contribution is 2.34. The number of alkyl halides is 2.